The lowest BCUT2D eigenvalue weighted by Crippen LogP contribution is -2.34. The Morgan fingerprint density at radius 2 is 1.69 bits per heavy atom. The highest BCUT2D eigenvalue weighted by molar-refractivity contribution is 6.33. The number of nitrogens with zero attached hydrogens (tertiary/aromatic N) is 2. The number of rotatable bonds is 7. The van der Waals surface area contributed by atoms with E-state index in [9.17, 15) is 14.7 Å². The molecule has 32 heavy (non-hydrogen) atoms. The number of halogens is 1. The Balaban J connectivity index is 1.66. The molecule has 160 valence electrons. The highest BCUT2D eigenvalue weighted by Crippen LogP contribution is 2.29. The van der Waals surface area contributed by atoms with Crippen LogP contribution in [0.1, 0.15) is 22.3 Å². The van der Waals surface area contributed by atoms with Crippen molar-refractivity contribution < 1.29 is 14.7 Å². The number of aromatic carboxylic acids is 1. The average molecular weight is 446 g/mol. The molecule has 3 aromatic carbocycles. The maximum Gasteiger partial charge on any atom is 0.337 e. The Labute approximate surface area is 190 Å². The second-order valence-electron chi connectivity index (χ2n) is 7.09. The predicted molar refractivity (Wildman–Crippen MR) is 127 cm³/mol. The van der Waals surface area contributed by atoms with Crippen LogP contribution in [-0.4, -0.2) is 29.4 Å². The van der Waals surface area contributed by atoms with E-state index in [1.165, 1.54) is 11.0 Å². The van der Waals surface area contributed by atoms with E-state index in [1.807, 2.05) is 48.5 Å². The SMILES string of the molecule is O=C(O)c1ccccc1N1C(=O)C(=Cc2ccccc2)N=C1CCNc1ccccc1Cl. The molecule has 7 heteroatoms. The highest BCUT2D eigenvalue weighted by Gasteiger charge is 2.33. The Kier molecular flexibility index (Phi) is 6.33. The second-order valence-corrected chi connectivity index (χ2v) is 7.49. The molecule has 4 rings (SSSR count). The maximum atomic E-state index is 13.3. The van der Waals surface area contributed by atoms with Gasteiger partial charge in [-0.2, -0.15) is 0 Å². The summed E-state index contributed by atoms with van der Waals surface area (Å²) < 4.78 is 0. The molecular formula is C25H20ClN3O3. The van der Waals surface area contributed by atoms with Crippen molar-refractivity contribution in [3.63, 3.8) is 0 Å². The van der Waals surface area contributed by atoms with Crippen LogP contribution in [0.5, 0.6) is 0 Å². The van der Waals surface area contributed by atoms with Crippen molar-refractivity contribution in [2.45, 2.75) is 6.42 Å². The molecule has 0 radical (unpaired) electrons. The first-order valence-electron chi connectivity index (χ1n) is 10.0. The van der Waals surface area contributed by atoms with E-state index in [0.29, 0.717) is 23.8 Å². The van der Waals surface area contributed by atoms with Crippen LogP contribution in [0.2, 0.25) is 5.02 Å². The number of para-hydroxylation sites is 2. The number of amidine groups is 1. The summed E-state index contributed by atoms with van der Waals surface area (Å²) in [6.07, 6.45) is 2.09. The van der Waals surface area contributed by atoms with Gasteiger partial charge in [0.15, 0.2) is 0 Å². The van der Waals surface area contributed by atoms with Crippen LogP contribution < -0.4 is 10.2 Å². The van der Waals surface area contributed by atoms with Gasteiger partial charge in [-0.15, -0.1) is 0 Å². The first-order chi connectivity index (χ1) is 15.5. The number of amides is 1. The number of carboxylic acids is 1. The van der Waals surface area contributed by atoms with E-state index in [2.05, 4.69) is 10.3 Å². The number of carboxylic acid groups (broad SMARTS) is 1. The Morgan fingerprint density at radius 1 is 1.00 bits per heavy atom. The van der Waals surface area contributed by atoms with Crippen molar-refractivity contribution in [1.82, 2.24) is 0 Å². The summed E-state index contributed by atoms with van der Waals surface area (Å²) in [5.41, 5.74) is 2.19. The van der Waals surface area contributed by atoms with E-state index in [0.717, 1.165) is 11.3 Å². The van der Waals surface area contributed by atoms with Crippen LogP contribution in [0, 0.1) is 0 Å². The molecule has 1 amide bonds. The molecule has 3 aromatic rings. The number of carbonyl (C=O) groups excluding carboxylic acids is 1. The van der Waals surface area contributed by atoms with Crippen molar-refractivity contribution in [2.75, 3.05) is 16.8 Å². The van der Waals surface area contributed by atoms with E-state index in [-0.39, 0.29) is 22.9 Å². The predicted octanol–water partition coefficient (Wildman–Crippen LogP) is 5.33. The zero-order valence-corrected chi connectivity index (χ0v) is 17.8. The fourth-order valence-corrected chi connectivity index (χ4v) is 3.65. The van der Waals surface area contributed by atoms with Crippen molar-refractivity contribution >= 4 is 46.8 Å². The number of anilines is 2. The highest BCUT2D eigenvalue weighted by atomic mass is 35.5. The normalized spacial score (nSPS) is 14.5. The Morgan fingerprint density at radius 3 is 2.44 bits per heavy atom. The maximum absolute atomic E-state index is 13.3. The summed E-state index contributed by atoms with van der Waals surface area (Å²) in [6, 6.07) is 23.2. The first kappa shape index (κ1) is 21.3. The van der Waals surface area contributed by atoms with Gasteiger partial charge in [-0.05, 0) is 35.9 Å². The van der Waals surface area contributed by atoms with Gasteiger partial charge in [0.05, 0.1) is 22.0 Å². The smallest absolute Gasteiger partial charge is 0.337 e. The number of hydrogen-bond donors (Lipinski definition) is 2. The van der Waals surface area contributed by atoms with Crippen LogP contribution in [-0.2, 0) is 4.79 Å². The van der Waals surface area contributed by atoms with E-state index in [1.54, 1.807) is 30.3 Å². The molecule has 0 spiro atoms. The molecule has 0 bridgehead atoms. The van der Waals surface area contributed by atoms with E-state index < -0.39 is 5.97 Å². The van der Waals surface area contributed by atoms with Gasteiger partial charge >= 0.3 is 5.97 Å². The largest absolute Gasteiger partial charge is 0.478 e. The molecule has 0 atom stereocenters. The minimum atomic E-state index is -1.11. The molecule has 0 saturated carbocycles. The molecule has 0 unspecified atom stereocenters. The third-order valence-corrected chi connectivity index (χ3v) is 5.28. The number of carbonyl (C=O) groups is 2. The molecule has 0 aliphatic carbocycles. The quantitative estimate of drug-likeness (QED) is 0.482. The molecular weight excluding hydrogens is 426 g/mol. The molecule has 6 nitrogen and oxygen atoms in total. The van der Waals surface area contributed by atoms with Crippen LogP contribution in [0.25, 0.3) is 6.08 Å². The van der Waals surface area contributed by atoms with Crippen molar-refractivity contribution in [1.29, 1.82) is 0 Å². The van der Waals surface area contributed by atoms with Crippen LogP contribution in [0.3, 0.4) is 0 Å². The van der Waals surface area contributed by atoms with Gasteiger partial charge in [0.1, 0.15) is 11.5 Å². The van der Waals surface area contributed by atoms with Gasteiger partial charge in [-0.3, -0.25) is 9.69 Å². The number of benzene rings is 3. The summed E-state index contributed by atoms with van der Waals surface area (Å²) in [5.74, 6) is -1.01. The molecule has 1 aliphatic heterocycles. The summed E-state index contributed by atoms with van der Waals surface area (Å²) in [5, 5.41) is 13.5. The van der Waals surface area contributed by atoms with Crippen LogP contribution in [0.4, 0.5) is 11.4 Å². The molecule has 0 fully saturated rings. The molecule has 2 N–H and O–H groups in total. The lowest BCUT2D eigenvalue weighted by atomic mass is 10.1. The minimum absolute atomic E-state index is 0.0357. The summed E-state index contributed by atoms with van der Waals surface area (Å²) in [7, 11) is 0. The van der Waals surface area contributed by atoms with Gasteiger partial charge in [0.2, 0.25) is 0 Å². The lowest BCUT2D eigenvalue weighted by Gasteiger charge is -2.20. The van der Waals surface area contributed by atoms with E-state index >= 15 is 0 Å². The molecule has 1 heterocycles. The topological polar surface area (TPSA) is 82.0 Å². The van der Waals surface area contributed by atoms with Crippen molar-refractivity contribution in [2.24, 2.45) is 4.99 Å². The fraction of sp³-hybridized carbons (Fsp3) is 0.0800. The summed E-state index contributed by atoms with van der Waals surface area (Å²) in [4.78, 5) is 31.0. The Hall–Kier alpha value is -3.90. The number of hydrogen-bond acceptors (Lipinski definition) is 4. The van der Waals surface area contributed by atoms with Crippen LogP contribution in [0.15, 0.2) is 89.6 Å². The van der Waals surface area contributed by atoms with E-state index in [4.69, 9.17) is 11.6 Å². The third kappa shape index (κ3) is 4.55. The van der Waals surface area contributed by atoms with Gasteiger partial charge < -0.3 is 10.4 Å². The summed E-state index contributed by atoms with van der Waals surface area (Å²) in [6.45, 7) is 0.459. The minimum Gasteiger partial charge on any atom is -0.478 e. The van der Waals surface area contributed by atoms with Gasteiger partial charge in [0.25, 0.3) is 5.91 Å². The average Bonchev–Trinajstić information content (AvgIpc) is 3.10. The number of aliphatic imine (C=N–C) groups is 1. The van der Waals surface area contributed by atoms with Gasteiger partial charge in [-0.25, -0.2) is 9.79 Å². The molecule has 0 saturated heterocycles. The standard InChI is InChI=1S/C25H20ClN3O3/c26-19-11-5-6-12-20(19)27-15-14-23-28-21(16-17-8-2-1-3-9-17)24(30)29(23)22-13-7-4-10-18(22)25(31)32/h1-13,16,27H,14-15H2,(H,31,32). The monoisotopic (exact) mass is 445 g/mol. The molecule has 1 aliphatic rings. The summed E-state index contributed by atoms with van der Waals surface area (Å²) >= 11 is 6.20. The fourth-order valence-electron chi connectivity index (χ4n) is 3.45. The molecule has 0 aromatic heterocycles. The van der Waals surface area contributed by atoms with Crippen LogP contribution >= 0.6 is 11.6 Å². The third-order valence-electron chi connectivity index (χ3n) is 4.95. The van der Waals surface area contributed by atoms with Gasteiger partial charge in [0, 0.05) is 13.0 Å². The zero-order valence-electron chi connectivity index (χ0n) is 17.0. The first-order valence-corrected chi connectivity index (χ1v) is 10.4. The lowest BCUT2D eigenvalue weighted by molar-refractivity contribution is -0.113. The van der Waals surface area contributed by atoms with Crippen molar-refractivity contribution in [3.05, 3.63) is 101 Å². The second kappa shape index (κ2) is 9.49. The van der Waals surface area contributed by atoms with Crippen molar-refractivity contribution in [3.8, 4) is 0 Å². The van der Waals surface area contributed by atoms with Gasteiger partial charge in [-0.1, -0.05) is 66.2 Å². The number of nitrogens with one attached hydrogen (secondary N) is 1. The zero-order chi connectivity index (χ0) is 22.5. The Bertz CT molecular complexity index is 1220.